The third-order valence-corrected chi connectivity index (χ3v) is 4.28. The van der Waals surface area contributed by atoms with E-state index in [9.17, 15) is 0 Å². The van der Waals surface area contributed by atoms with E-state index >= 15 is 0 Å². The lowest BCUT2D eigenvalue weighted by Gasteiger charge is -2.22. The highest BCUT2D eigenvalue weighted by Gasteiger charge is 2.12. The maximum absolute atomic E-state index is 5.43. The van der Waals surface area contributed by atoms with Gasteiger partial charge in [0.1, 0.15) is 0 Å². The van der Waals surface area contributed by atoms with E-state index in [1.807, 2.05) is 0 Å². The maximum Gasteiger partial charge on any atom is 0.170 e. The molecule has 1 fully saturated rings. The maximum atomic E-state index is 5.43. The normalized spacial score (nSPS) is 17.1. The molecule has 0 heterocycles. The van der Waals surface area contributed by atoms with Gasteiger partial charge in [0.15, 0.2) is 5.11 Å². The molecule has 0 saturated heterocycles. The number of anilines is 1. The molecule has 0 radical (unpaired) electrons. The van der Waals surface area contributed by atoms with Crippen molar-refractivity contribution in [2.45, 2.75) is 64.3 Å². The first kappa shape index (κ1) is 15.3. The minimum atomic E-state index is 0.546. The van der Waals surface area contributed by atoms with Gasteiger partial charge in [-0.3, -0.25) is 0 Å². The number of rotatable bonds is 3. The van der Waals surface area contributed by atoms with Crippen LogP contribution in [0.2, 0.25) is 0 Å². The van der Waals surface area contributed by atoms with E-state index in [2.05, 4.69) is 41.8 Å². The van der Waals surface area contributed by atoms with Crippen molar-refractivity contribution in [2.75, 3.05) is 5.32 Å². The summed E-state index contributed by atoms with van der Waals surface area (Å²) in [7, 11) is 0. The van der Waals surface area contributed by atoms with Crippen LogP contribution in [0.25, 0.3) is 0 Å². The highest BCUT2D eigenvalue weighted by atomic mass is 32.1. The van der Waals surface area contributed by atoms with Gasteiger partial charge in [0.2, 0.25) is 0 Å². The van der Waals surface area contributed by atoms with Gasteiger partial charge in [-0.1, -0.05) is 51.2 Å². The van der Waals surface area contributed by atoms with Crippen LogP contribution < -0.4 is 10.6 Å². The average molecular weight is 290 g/mol. The summed E-state index contributed by atoms with van der Waals surface area (Å²) in [5.74, 6) is 0. The van der Waals surface area contributed by atoms with Gasteiger partial charge in [-0.05, 0) is 49.2 Å². The lowest BCUT2D eigenvalue weighted by Crippen LogP contribution is -2.38. The quantitative estimate of drug-likeness (QED) is 0.792. The number of hydrogen-bond acceptors (Lipinski definition) is 1. The van der Waals surface area contributed by atoms with Gasteiger partial charge in [0, 0.05) is 11.7 Å². The predicted octanol–water partition coefficient (Wildman–Crippen LogP) is 4.65. The fourth-order valence-corrected chi connectivity index (χ4v) is 3.06. The van der Waals surface area contributed by atoms with E-state index in [1.165, 1.54) is 50.5 Å². The third-order valence-electron chi connectivity index (χ3n) is 4.06. The zero-order chi connectivity index (χ0) is 14.2. The first-order valence-electron chi connectivity index (χ1n) is 7.94. The fraction of sp³-hybridized carbons (Fsp3) is 0.588. The highest BCUT2D eigenvalue weighted by molar-refractivity contribution is 7.80. The largest absolute Gasteiger partial charge is 0.360 e. The molecule has 0 aliphatic heterocycles. The molecule has 1 aromatic carbocycles. The number of benzene rings is 1. The first-order valence-corrected chi connectivity index (χ1v) is 8.35. The summed E-state index contributed by atoms with van der Waals surface area (Å²) in [6.45, 7) is 2.17. The molecule has 0 aromatic heterocycles. The van der Waals surface area contributed by atoms with Crippen molar-refractivity contribution in [3.05, 3.63) is 29.8 Å². The SMILES string of the molecule is CCc1ccc(NC(=S)NC2CCCCCCC2)cc1. The molecule has 0 spiro atoms. The second-order valence-electron chi connectivity index (χ2n) is 5.69. The second-order valence-corrected chi connectivity index (χ2v) is 6.10. The van der Waals surface area contributed by atoms with Gasteiger partial charge in [-0.2, -0.15) is 0 Å². The minimum absolute atomic E-state index is 0.546. The molecule has 0 bridgehead atoms. The van der Waals surface area contributed by atoms with Gasteiger partial charge in [0.05, 0.1) is 0 Å². The Kier molecular flexibility index (Phi) is 6.31. The summed E-state index contributed by atoms with van der Waals surface area (Å²) in [6.07, 6.45) is 10.4. The first-order chi connectivity index (χ1) is 9.78. The molecular weight excluding hydrogens is 264 g/mol. The molecular formula is C17H26N2S. The molecule has 110 valence electrons. The van der Waals surface area contributed by atoms with E-state index < -0.39 is 0 Å². The standard InChI is InChI=1S/C17H26N2S/c1-2-14-10-12-16(13-11-14)19-17(20)18-15-8-6-4-3-5-7-9-15/h10-13,15H,2-9H2,1H3,(H2,18,19,20). The molecule has 3 heteroatoms. The molecule has 0 amide bonds. The Hall–Kier alpha value is -1.09. The van der Waals surface area contributed by atoms with E-state index in [0.717, 1.165) is 17.2 Å². The van der Waals surface area contributed by atoms with Crippen LogP contribution in [0.1, 0.15) is 57.4 Å². The molecule has 0 atom stereocenters. The molecule has 1 aliphatic carbocycles. The van der Waals surface area contributed by atoms with E-state index in [0.29, 0.717) is 6.04 Å². The lowest BCUT2D eigenvalue weighted by molar-refractivity contribution is 0.430. The van der Waals surface area contributed by atoms with Crippen molar-refractivity contribution in [3.8, 4) is 0 Å². The van der Waals surface area contributed by atoms with Gasteiger partial charge < -0.3 is 10.6 Å². The van der Waals surface area contributed by atoms with Crippen molar-refractivity contribution >= 4 is 23.0 Å². The van der Waals surface area contributed by atoms with Crippen LogP contribution in [-0.2, 0) is 6.42 Å². The molecule has 2 nitrogen and oxygen atoms in total. The van der Waals surface area contributed by atoms with Crippen LogP contribution >= 0.6 is 12.2 Å². The molecule has 0 unspecified atom stereocenters. The smallest absolute Gasteiger partial charge is 0.170 e. The van der Waals surface area contributed by atoms with Gasteiger partial charge >= 0.3 is 0 Å². The molecule has 1 aliphatic rings. The summed E-state index contributed by atoms with van der Waals surface area (Å²) < 4.78 is 0. The molecule has 20 heavy (non-hydrogen) atoms. The Bertz CT molecular complexity index is 406. The summed E-state index contributed by atoms with van der Waals surface area (Å²) in [5.41, 5.74) is 2.43. The predicted molar refractivity (Wildman–Crippen MR) is 91.3 cm³/mol. The van der Waals surface area contributed by atoms with Crippen LogP contribution in [0.4, 0.5) is 5.69 Å². The van der Waals surface area contributed by atoms with Gasteiger partial charge in [0.25, 0.3) is 0 Å². The summed E-state index contributed by atoms with van der Waals surface area (Å²) in [6, 6.07) is 9.06. The minimum Gasteiger partial charge on any atom is -0.360 e. The van der Waals surface area contributed by atoms with Crippen LogP contribution in [0.3, 0.4) is 0 Å². The average Bonchev–Trinajstić information content (AvgIpc) is 2.42. The Morgan fingerprint density at radius 1 is 1.05 bits per heavy atom. The number of nitrogens with one attached hydrogen (secondary N) is 2. The topological polar surface area (TPSA) is 24.1 Å². The van der Waals surface area contributed by atoms with Gasteiger partial charge in [-0.15, -0.1) is 0 Å². The number of thiocarbonyl (C=S) groups is 1. The van der Waals surface area contributed by atoms with Crippen LogP contribution in [0, 0.1) is 0 Å². The van der Waals surface area contributed by atoms with Gasteiger partial charge in [-0.25, -0.2) is 0 Å². The zero-order valence-corrected chi connectivity index (χ0v) is 13.3. The summed E-state index contributed by atoms with van der Waals surface area (Å²) in [4.78, 5) is 0. The number of aryl methyl sites for hydroxylation is 1. The van der Waals surface area contributed by atoms with E-state index in [1.54, 1.807) is 0 Å². The Morgan fingerprint density at radius 2 is 1.65 bits per heavy atom. The number of hydrogen-bond donors (Lipinski definition) is 2. The van der Waals surface area contributed by atoms with E-state index in [4.69, 9.17) is 12.2 Å². The zero-order valence-electron chi connectivity index (χ0n) is 12.5. The van der Waals surface area contributed by atoms with Crippen molar-refractivity contribution in [1.82, 2.24) is 5.32 Å². The second kappa shape index (κ2) is 8.25. The fourth-order valence-electron chi connectivity index (χ4n) is 2.78. The van der Waals surface area contributed by atoms with Crippen molar-refractivity contribution < 1.29 is 0 Å². The Morgan fingerprint density at radius 3 is 2.25 bits per heavy atom. The Labute approximate surface area is 128 Å². The van der Waals surface area contributed by atoms with Crippen LogP contribution in [0.15, 0.2) is 24.3 Å². The molecule has 2 rings (SSSR count). The van der Waals surface area contributed by atoms with Crippen LogP contribution in [0.5, 0.6) is 0 Å². The Balaban J connectivity index is 1.81. The molecule has 1 saturated carbocycles. The lowest BCUT2D eigenvalue weighted by atomic mass is 9.97. The van der Waals surface area contributed by atoms with E-state index in [-0.39, 0.29) is 0 Å². The molecule has 1 aromatic rings. The summed E-state index contributed by atoms with van der Waals surface area (Å²) >= 11 is 5.43. The van der Waals surface area contributed by atoms with Crippen molar-refractivity contribution in [3.63, 3.8) is 0 Å². The van der Waals surface area contributed by atoms with Crippen molar-refractivity contribution in [2.24, 2.45) is 0 Å². The molecule has 2 N–H and O–H groups in total. The summed E-state index contributed by atoms with van der Waals surface area (Å²) in [5, 5.41) is 7.54. The monoisotopic (exact) mass is 290 g/mol. The highest BCUT2D eigenvalue weighted by Crippen LogP contribution is 2.17. The third kappa shape index (κ3) is 5.12. The van der Waals surface area contributed by atoms with Crippen molar-refractivity contribution in [1.29, 1.82) is 0 Å². The van der Waals surface area contributed by atoms with Crippen LogP contribution in [-0.4, -0.2) is 11.2 Å².